The van der Waals surface area contributed by atoms with Gasteiger partial charge < -0.3 is 77.3 Å². The molecule has 1 aromatic carbocycles. The predicted octanol–water partition coefficient (Wildman–Crippen LogP) is 4.51. The second kappa shape index (κ2) is 24.7. The first-order chi connectivity index (χ1) is 33.6. The van der Waals surface area contributed by atoms with Crippen LogP contribution in [0.4, 0.5) is 0 Å². The summed E-state index contributed by atoms with van der Waals surface area (Å²) in [5, 5.41) is 48.3. The van der Waals surface area contributed by atoms with Gasteiger partial charge in [0, 0.05) is 55.3 Å². The lowest BCUT2D eigenvalue weighted by Gasteiger charge is -2.49. The summed E-state index contributed by atoms with van der Waals surface area (Å²) in [7, 11) is 10.1. The van der Waals surface area contributed by atoms with E-state index in [0.29, 0.717) is 41.0 Å². The van der Waals surface area contributed by atoms with Crippen LogP contribution in [0.3, 0.4) is 0 Å². The van der Waals surface area contributed by atoms with Crippen molar-refractivity contribution in [2.45, 2.75) is 191 Å². The molecule has 4 heterocycles. The lowest BCUT2D eigenvalue weighted by Crippen LogP contribution is -2.61. The molecule has 20 heteroatoms. The molecule has 0 bridgehead atoms. The quantitative estimate of drug-likeness (QED) is 0.151. The first kappa shape index (κ1) is 59.8. The molecule has 0 aliphatic carbocycles. The number of hydrogen-bond donors (Lipinski definition) is 4. The SMILES string of the molecule is CC[C@H]1OC(=O)[C@H](C)[C@@H](O[C@H]2C[C@@](C)(OC)[C@@H](O)[C@H](C)O2)[C@H](C)[C@@H](O[C@@H]2O[C@H](C)CC(N(C)C)[C@H]2OC(=O)CSCc2cc(=O)oc3cc(OC)c(OC)cc23)[C@](C)(O)C[C@@H](C)CN(C)[C@H](C)[C@@H](O)[C@]1(C)O. The number of ether oxygens (including phenoxy) is 9. The van der Waals surface area contributed by atoms with Crippen LogP contribution in [0.15, 0.2) is 27.4 Å². The zero-order valence-electron chi connectivity index (χ0n) is 45.2. The van der Waals surface area contributed by atoms with Gasteiger partial charge in [-0.1, -0.05) is 20.8 Å². The smallest absolute Gasteiger partial charge is 0.336 e. The molecule has 1 aromatic heterocycles. The van der Waals surface area contributed by atoms with E-state index in [9.17, 15) is 34.8 Å². The molecule has 0 radical (unpaired) electrons. The minimum absolute atomic E-state index is 0.0717. The Balaban J connectivity index is 1.54. The van der Waals surface area contributed by atoms with Gasteiger partial charge in [0.05, 0.1) is 67.6 Å². The normalized spacial score (nSPS) is 39.0. The molecule has 3 aliphatic heterocycles. The molecule has 3 aliphatic rings. The van der Waals surface area contributed by atoms with Crippen LogP contribution < -0.4 is 15.1 Å². The standard InChI is InChI=1S/C52H84N2O17S/c1-17-39-52(10,61)45(57)31(6)54(13)24-27(2)22-50(8,60)47(29(4)43(30(5)48(59)68-39)70-42-23-51(9,64-16)46(58)32(7)66-42)71-49-44(35(53(11)12)18-28(3)65-49)69-41(56)26-72-25-33-19-40(55)67-36-21-38(63-15)37(62-14)20-34(33)36/h19-21,27-32,35,39,42-47,49,57-58,60-61H,17-18,22-26H2,1-16H3/t27-,28-,29+,30-,31-,32+,35?,39-,42+,43+,44-,45-,46+,47-,49+,50-,51-,52-/m1/s1. The van der Waals surface area contributed by atoms with Gasteiger partial charge in [-0.25, -0.2) is 4.79 Å². The highest BCUT2D eigenvalue weighted by molar-refractivity contribution is 7.99. The van der Waals surface area contributed by atoms with Crippen molar-refractivity contribution in [1.29, 1.82) is 0 Å². The van der Waals surface area contributed by atoms with Gasteiger partial charge in [-0.05, 0) is 106 Å². The van der Waals surface area contributed by atoms with Gasteiger partial charge in [0.2, 0.25) is 0 Å². The summed E-state index contributed by atoms with van der Waals surface area (Å²) in [5.41, 5.74) is -4.28. The number of methoxy groups -OCH3 is 3. The van der Waals surface area contributed by atoms with Crippen molar-refractivity contribution < 1.29 is 77.1 Å². The van der Waals surface area contributed by atoms with E-state index in [1.807, 2.05) is 44.8 Å². The maximum absolute atomic E-state index is 14.6. The summed E-state index contributed by atoms with van der Waals surface area (Å²) in [6, 6.07) is 3.67. The average Bonchev–Trinajstić information content (AvgIpc) is 3.31. The summed E-state index contributed by atoms with van der Waals surface area (Å²) < 4.78 is 61.4. The van der Waals surface area contributed by atoms with E-state index < -0.39 is 120 Å². The van der Waals surface area contributed by atoms with Crippen molar-refractivity contribution in [1.82, 2.24) is 9.80 Å². The number of aliphatic hydroxyl groups excluding tert-OH is 2. The van der Waals surface area contributed by atoms with Gasteiger partial charge in [0.25, 0.3) is 0 Å². The average molecular weight is 1040 g/mol. The highest BCUT2D eigenvalue weighted by atomic mass is 32.2. The van der Waals surface area contributed by atoms with E-state index in [1.54, 1.807) is 60.6 Å². The second-order valence-corrected chi connectivity index (χ2v) is 22.4. The fourth-order valence-corrected chi connectivity index (χ4v) is 11.7. The molecule has 1 unspecified atom stereocenters. The molecule has 18 atom stereocenters. The van der Waals surface area contributed by atoms with E-state index in [4.69, 9.17) is 47.0 Å². The maximum Gasteiger partial charge on any atom is 0.336 e. The fraction of sp³-hybridized carbons (Fsp3) is 0.788. The number of fused-ring (bicyclic) bond motifs is 1. The van der Waals surface area contributed by atoms with Crippen LogP contribution in [-0.4, -0.2) is 187 Å². The number of thioether (sulfide) groups is 1. The second-order valence-electron chi connectivity index (χ2n) is 21.4. The Morgan fingerprint density at radius 3 is 2.17 bits per heavy atom. The number of nitrogens with zero attached hydrogens (tertiary/aromatic N) is 2. The zero-order valence-corrected chi connectivity index (χ0v) is 46.1. The molecule has 3 fully saturated rings. The minimum atomic E-state index is -1.86. The predicted molar refractivity (Wildman–Crippen MR) is 270 cm³/mol. The first-order valence-electron chi connectivity index (χ1n) is 25.1. The molecule has 4 N–H and O–H groups in total. The van der Waals surface area contributed by atoms with Gasteiger partial charge in [-0.3, -0.25) is 9.59 Å². The molecule has 19 nitrogen and oxygen atoms in total. The number of benzene rings is 1. The van der Waals surface area contributed by atoms with Crippen LogP contribution in [0.25, 0.3) is 11.0 Å². The maximum atomic E-state index is 14.6. The summed E-state index contributed by atoms with van der Waals surface area (Å²) in [4.78, 5) is 45.1. The number of likely N-dealkylation sites (N-methyl/N-ethyl adjacent to an activating group) is 2. The molecule has 3 saturated heterocycles. The number of esters is 2. The molecular weight excluding hydrogens is 957 g/mol. The van der Waals surface area contributed by atoms with Crippen molar-refractivity contribution in [2.75, 3.05) is 54.8 Å². The molecule has 2 aromatic rings. The fourth-order valence-electron chi connectivity index (χ4n) is 11.0. The number of rotatable bonds is 14. The van der Waals surface area contributed by atoms with Crippen molar-refractivity contribution in [3.63, 3.8) is 0 Å². The van der Waals surface area contributed by atoms with Crippen molar-refractivity contribution in [3.8, 4) is 11.5 Å². The van der Waals surface area contributed by atoms with Crippen molar-refractivity contribution in [2.24, 2.45) is 17.8 Å². The molecule has 410 valence electrons. The molecule has 72 heavy (non-hydrogen) atoms. The Labute approximate surface area is 429 Å². The van der Waals surface area contributed by atoms with Crippen molar-refractivity contribution >= 4 is 34.7 Å². The third-order valence-corrected chi connectivity index (χ3v) is 16.2. The summed E-state index contributed by atoms with van der Waals surface area (Å²) in [6.07, 6.45) is -9.33. The van der Waals surface area contributed by atoms with Crippen LogP contribution in [0, 0.1) is 17.8 Å². The third kappa shape index (κ3) is 13.6. The summed E-state index contributed by atoms with van der Waals surface area (Å²) in [6.45, 7) is 17.8. The van der Waals surface area contributed by atoms with Crippen LogP contribution in [0.5, 0.6) is 11.5 Å². The van der Waals surface area contributed by atoms with E-state index in [1.165, 1.54) is 46.1 Å². The lowest BCUT2D eigenvalue weighted by molar-refractivity contribution is -0.318. The van der Waals surface area contributed by atoms with Crippen molar-refractivity contribution in [3.05, 3.63) is 34.2 Å². The van der Waals surface area contributed by atoms with Crippen LogP contribution in [0.1, 0.15) is 100 Å². The van der Waals surface area contributed by atoms with E-state index in [2.05, 4.69) is 0 Å². The number of carbonyl (C=O) groups is 2. The topological polar surface area (TPSA) is 235 Å². The van der Waals surface area contributed by atoms with Gasteiger partial charge in [-0.2, -0.15) is 0 Å². The van der Waals surface area contributed by atoms with Gasteiger partial charge >= 0.3 is 17.6 Å². The molecule has 0 saturated carbocycles. The van der Waals surface area contributed by atoms with Gasteiger partial charge in [0.1, 0.15) is 29.5 Å². The Morgan fingerprint density at radius 2 is 1.56 bits per heavy atom. The summed E-state index contributed by atoms with van der Waals surface area (Å²) >= 11 is 1.24. The van der Waals surface area contributed by atoms with E-state index in [-0.39, 0.29) is 36.7 Å². The van der Waals surface area contributed by atoms with E-state index in [0.717, 1.165) is 0 Å². The van der Waals surface area contributed by atoms with Crippen LogP contribution in [-0.2, 0) is 48.5 Å². The van der Waals surface area contributed by atoms with E-state index >= 15 is 0 Å². The highest BCUT2D eigenvalue weighted by Crippen LogP contribution is 2.41. The monoisotopic (exact) mass is 1040 g/mol. The van der Waals surface area contributed by atoms with Crippen LogP contribution in [0.2, 0.25) is 0 Å². The molecule has 5 rings (SSSR count). The number of hydrogen-bond acceptors (Lipinski definition) is 20. The molecular formula is C52H84N2O17S. The molecule has 0 amide bonds. The number of carbonyl (C=O) groups excluding carboxylic acids is 2. The number of aliphatic hydroxyl groups is 4. The third-order valence-electron chi connectivity index (χ3n) is 15.3. The Bertz CT molecular complexity index is 2170. The van der Waals surface area contributed by atoms with Crippen LogP contribution >= 0.6 is 11.8 Å². The highest BCUT2D eigenvalue weighted by Gasteiger charge is 2.53. The molecule has 0 spiro atoms. The van der Waals surface area contributed by atoms with Gasteiger partial charge in [-0.15, -0.1) is 11.8 Å². The lowest BCUT2D eigenvalue weighted by atomic mass is 9.77. The summed E-state index contributed by atoms with van der Waals surface area (Å²) in [5.74, 6) is -2.54. The first-order valence-corrected chi connectivity index (χ1v) is 26.3. The largest absolute Gasteiger partial charge is 0.493 e. The Hall–Kier alpha value is -3.12. The zero-order chi connectivity index (χ0) is 53.8. The Morgan fingerprint density at radius 1 is 0.903 bits per heavy atom. The Kier molecular flexibility index (Phi) is 20.5. The minimum Gasteiger partial charge on any atom is -0.493 e. The van der Waals surface area contributed by atoms with Gasteiger partial charge in [0.15, 0.2) is 30.2 Å². The number of cyclic esters (lactones) is 1.